The molecule has 1 aliphatic carbocycles. The van der Waals surface area contributed by atoms with Gasteiger partial charge in [0.1, 0.15) is 11.6 Å². The van der Waals surface area contributed by atoms with Gasteiger partial charge in [0.15, 0.2) is 0 Å². The minimum atomic E-state index is 0.311. The van der Waals surface area contributed by atoms with Gasteiger partial charge in [0.05, 0.1) is 17.2 Å². The van der Waals surface area contributed by atoms with E-state index in [0.29, 0.717) is 29.2 Å². The maximum atomic E-state index is 9.07. The van der Waals surface area contributed by atoms with Crippen molar-refractivity contribution in [3.8, 4) is 6.07 Å². The third-order valence-corrected chi connectivity index (χ3v) is 3.64. The van der Waals surface area contributed by atoms with Crippen LogP contribution in [0.4, 0.5) is 5.95 Å². The van der Waals surface area contributed by atoms with Crippen LogP contribution in [0, 0.1) is 11.3 Å². The van der Waals surface area contributed by atoms with E-state index in [0.717, 1.165) is 18.4 Å². The van der Waals surface area contributed by atoms with Gasteiger partial charge in [-0.25, -0.2) is 4.98 Å². The molecule has 5 nitrogen and oxygen atoms in total. The minimum Gasteiger partial charge on any atom is -0.381 e. The molecule has 92 valence electrons. The highest BCUT2D eigenvalue weighted by atomic mass is 16.5. The fourth-order valence-electron chi connectivity index (χ4n) is 2.55. The van der Waals surface area contributed by atoms with Crippen LogP contribution in [-0.2, 0) is 4.74 Å². The van der Waals surface area contributed by atoms with E-state index >= 15 is 0 Å². The van der Waals surface area contributed by atoms with Crippen LogP contribution < -0.4 is 5.73 Å². The zero-order valence-corrected chi connectivity index (χ0v) is 10.1. The summed E-state index contributed by atoms with van der Waals surface area (Å²) in [6, 6.07) is 8.06. The van der Waals surface area contributed by atoms with Crippen LogP contribution in [0.3, 0.4) is 0 Å². The highest BCUT2D eigenvalue weighted by molar-refractivity contribution is 5.84. The molecule has 0 bridgehead atoms. The number of rotatable bonds is 2. The van der Waals surface area contributed by atoms with Gasteiger partial charge in [-0.15, -0.1) is 0 Å². The molecule has 1 aliphatic rings. The zero-order valence-electron chi connectivity index (χ0n) is 10.1. The van der Waals surface area contributed by atoms with Gasteiger partial charge >= 0.3 is 0 Å². The smallest absolute Gasteiger partial charge is 0.201 e. The van der Waals surface area contributed by atoms with Gasteiger partial charge in [-0.1, -0.05) is 6.07 Å². The highest BCUT2D eigenvalue weighted by Gasteiger charge is 2.32. The van der Waals surface area contributed by atoms with Crippen LogP contribution in [-0.4, -0.2) is 22.8 Å². The second-order valence-corrected chi connectivity index (χ2v) is 4.61. The normalized spacial score (nSPS) is 22.7. The third kappa shape index (κ3) is 1.46. The number of aromatic nitrogens is 2. The summed E-state index contributed by atoms with van der Waals surface area (Å²) in [7, 11) is 1.73. The lowest BCUT2D eigenvalue weighted by Gasteiger charge is -2.35. The number of hydrogen-bond acceptors (Lipinski definition) is 4. The van der Waals surface area contributed by atoms with Crippen LogP contribution in [0.1, 0.15) is 24.4 Å². The van der Waals surface area contributed by atoms with Gasteiger partial charge in [-0.2, -0.15) is 5.26 Å². The van der Waals surface area contributed by atoms with E-state index < -0.39 is 0 Å². The van der Waals surface area contributed by atoms with Crippen LogP contribution in [0.2, 0.25) is 0 Å². The van der Waals surface area contributed by atoms with Gasteiger partial charge in [0.25, 0.3) is 0 Å². The Morgan fingerprint density at radius 2 is 2.28 bits per heavy atom. The first-order valence-corrected chi connectivity index (χ1v) is 5.94. The number of ether oxygens (including phenoxy) is 1. The number of nitrogen functional groups attached to an aromatic ring is 1. The number of hydrogen-bond donors (Lipinski definition) is 1. The topological polar surface area (TPSA) is 76.9 Å². The van der Waals surface area contributed by atoms with Crippen molar-refractivity contribution in [1.82, 2.24) is 9.55 Å². The molecule has 1 heterocycles. The molecular formula is C13H14N4O. The lowest BCUT2D eigenvalue weighted by Crippen LogP contribution is -2.32. The standard InChI is InChI=1S/C13H14N4O/c1-18-10-5-9(6-10)17-11-4-2-3-8(7-14)12(11)16-13(17)15/h2-4,9-10H,5-6H2,1H3,(H2,15,16). The zero-order chi connectivity index (χ0) is 12.7. The molecule has 2 aromatic rings. The summed E-state index contributed by atoms with van der Waals surface area (Å²) in [4.78, 5) is 4.32. The van der Waals surface area contributed by atoms with Crippen molar-refractivity contribution in [2.24, 2.45) is 0 Å². The van der Waals surface area contributed by atoms with Gasteiger partial charge in [-0.3, -0.25) is 0 Å². The van der Waals surface area contributed by atoms with Gasteiger partial charge < -0.3 is 15.0 Å². The number of anilines is 1. The van der Waals surface area contributed by atoms with Gasteiger partial charge in [0, 0.05) is 13.2 Å². The average Bonchev–Trinajstić information content (AvgIpc) is 2.65. The van der Waals surface area contributed by atoms with Crippen LogP contribution in [0.25, 0.3) is 11.0 Å². The summed E-state index contributed by atoms with van der Waals surface area (Å²) < 4.78 is 7.30. The molecule has 1 aromatic heterocycles. The van der Waals surface area contributed by atoms with Crippen molar-refractivity contribution in [3.63, 3.8) is 0 Å². The quantitative estimate of drug-likeness (QED) is 0.871. The molecule has 0 amide bonds. The Bertz CT molecular complexity index is 634. The summed E-state index contributed by atoms with van der Waals surface area (Å²) in [6.45, 7) is 0. The lowest BCUT2D eigenvalue weighted by molar-refractivity contribution is 0.00798. The van der Waals surface area contributed by atoms with Crippen molar-refractivity contribution >= 4 is 17.0 Å². The number of benzene rings is 1. The molecule has 3 rings (SSSR count). The third-order valence-electron chi connectivity index (χ3n) is 3.64. The summed E-state index contributed by atoms with van der Waals surface area (Å²) >= 11 is 0. The number of para-hydroxylation sites is 1. The van der Waals surface area contributed by atoms with E-state index in [9.17, 15) is 0 Å². The monoisotopic (exact) mass is 242 g/mol. The Kier molecular flexibility index (Phi) is 2.46. The number of methoxy groups -OCH3 is 1. The number of imidazole rings is 1. The van der Waals surface area contributed by atoms with Crippen LogP contribution in [0.5, 0.6) is 0 Å². The first kappa shape index (κ1) is 11.1. The summed E-state index contributed by atoms with van der Waals surface area (Å²) in [5, 5.41) is 9.07. The molecule has 0 saturated heterocycles. The minimum absolute atomic E-state index is 0.311. The second kappa shape index (κ2) is 4.00. The Labute approximate surface area is 105 Å². The first-order chi connectivity index (χ1) is 8.74. The molecule has 0 radical (unpaired) electrons. The predicted octanol–water partition coefficient (Wildman–Crippen LogP) is 1.84. The molecule has 0 spiro atoms. The predicted molar refractivity (Wildman–Crippen MR) is 67.9 cm³/mol. The average molecular weight is 242 g/mol. The Morgan fingerprint density at radius 1 is 1.50 bits per heavy atom. The summed E-state index contributed by atoms with van der Waals surface area (Å²) in [5.41, 5.74) is 8.17. The van der Waals surface area contributed by atoms with Gasteiger partial charge in [-0.05, 0) is 25.0 Å². The van der Waals surface area contributed by atoms with E-state index in [4.69, 9.17) is 15.7 Å². The van der Waals surface area contributed by atoms with Crippen molar-refractivity contribution in [1.29, 1.82) is 5.26 Å². The van der Waals surface area contributed by atoms with E-state index in [2.05, 4.69) is 11.1 Å². The SMILES string of the molecule is COC1CC(n2c(N)nc3c(C#N)cccc32)C1. The molecule has 18 heavy (non-hydrogen) atoms. The first-order valence-electron chi connectivity index (χ1n) is 5.94. The molecule has 0 unspecified atom stereocenters. The van der Waals surface area contributed by atoms with E-state index in [1.165, 1.54) is 0 Å². The van der Waals surface area contributed by atoms with Crippen molar-refractivity contribution in [3.05, 3.63) is 23.8 Å². The Morgan fingerprint density at radius 3 is 2.94 bits per heavy atom. The maximum absolute atomic E-state index is 9.07. The number of nitriles is 1. The molecule has 1 saturated carbocycles. The molecule has 0 aliphatic heterocycles. The lowest BCUT2D eigenvalue weighted by atomic mass is 9.89. The van der Waals surface area contributed by atoms with Crippen LogP contribution >= 0.6 is 0 Å². The van der Waals surface area contributed by atoms with Crippen molar-refractivity contribution in [2.45, 2.75) is 25.0 Å². The van der Waals surface area contributed by atoms with Gasteiger partial charge in [0.2, 0.25) is 5.95 Å². The Hall–Kier alpha value is -2.06. The number of nitrogens with zero attached hydrogens (tertiary/aromatic N) is 3. The maximum Gasteiger partial charge on any atom is 0.201 e. The molecule has 5 heteroatoms. The molecule has 0 atom stereocenters. The number of nitrogens with two attached hydrogens (primary N) is 1. The molecule has 1 aromatic carbocycles. The molecule has 1 fully saturated rings. The summed E-state index contributed by atoms with van der Waals surface area (Å²) in [6.07, 6.45) is 2.21. The van der Waals surface area contributed by atoms with Crippen LogP contribution in [0.15, 0.2) is 18.2 Å². The molecular weight excluding hydrogens is 228 g/mol. The largest absolute Gasteiger partial charge is 0.381 e. The fraction of sp³-hybridized carbons (Fsp3) is 0.385. The van der Waals surface area contributed by atoms with E-state index in [-0.39, 0.29) is 0 Å². The molecule has 2 N–H and O–H groups in total. The van der Waals surface area contributed by atoms with Crippen molar-refractivity contribution in [2.75, 3.05) is 12.8 Å². The Balaban J connectivity index is 2.08. The fourth-order valence-corrected chi connectivity index (χ4v) is 2.55. The number of fused-ring (bicyclic) bond motifs is 1. The van der Waals surface area contributed by atoms with E-state index in [1.807, 2.05) is 16.7 Å². The van der Waals surface area contributed by atoms with Crippen molar-refractivity contribution < 1.29 is 4.74 Å². The van der Waals surface area contributed by atoms with E-state index in [1.54, 1.807) is 13.2 Å². The highest BCUT2D eigenvalue weighted by Crippen LogP contribution is 2.38. The second-order valence-electron chi connectivity index (χ2n) is 4.61. The summed E-state index contributed by atoms with van der Waals surface area (Å²) in [5.74, 6) is 0.479.